The highest BCUT2D eigenvalue weighted by Crippen LogP contribution is 2.13. The average molecular weight is 352 g/mol. The summed E-state index contributed by atoms with van der Waals surface area (Å²) in [5.41, 5.74) is 3.23. The zero-order chi connectivity index (χ0) is 17.5. The van der Waals surface area contributed by atoms with Crippen LogP contribution >= 0.6 is 11.8 Å². The van der Waals surface area contributed by atoms with Crippen LogP contribution < -0.4 is 5.32 Å². The molecule has 0 radical (unpaired) electrons. The molecule has 2 aromatic heterocycles. The monoisotopic (exact) mass is 352 g/mol. The second-order valence-corrected chi connectivity index (χ2v) is 5.95. The van der Waals surface area contributed by atoms with Crippen molar-refractivity contribution in [1.29, 1.82) is 0 Å². The summed E-state index contributed by atoms with van der Waals surface area (Å²) in [5.74, 6) is 0.388. The second-order valence-electron chi connectivity index (χ2n) is 5.09. The molecule has 7 nitrogen and oxygen atoms in total. The molecule has 0 fully saturated rings. The predicted octanol–water partition coefficient (Wildman–Crippen LogP) is 2.86. The van der Waals surface area contributed by atoms with Gasteiger partial charge in [0.15, 0.2) is 0 Å². The third-order valence-corrected chi connectivity index (χ3v) is 4.13. The number of aliphatic imine (C=N–C) groups is 1. The molecule has 0 aliphatic heterocycles. The lowest BCUT2D eigenvalue weighted by molar-refractivity contribution is 0.241. The molecule has 1 amide bonds. The number of allylic oxidation sites excluding steroid dienone is 1. The fourth-order valence-corrected chi connectivity index (χ4v) is 2.82. The van der Waals surface area contributed by atoms with Gasteiger partial charge in [-0.15, -0.1) is 16.9 Å². The van der Waals surface area contributed by atoms with E-state index < -0.39 is 0 Å². The lowest BCUT2D eigenvalue weighted by atomic mass is 10.2. The minimum absolute atomic E-state index is 0.324. The van der Waals surface area contributed by atoms with Gasteiger partial charge in [0, 0.05) is 18.8 Å². The highest BCUT2D eigenvalue weighted by molar-refractivity contribution is 8.02. The van der Waals surface area contributed by atoms with Crippen LogP contribution in [0.1, 0.15) is 5.56 Å². The summed E-state index contributed by atoms with van der Waals surface area (Å²) in [7, 11) is 0. The topological polar surface area (TPSA) is 85.1 Å². The van der Waals surface area contributed by atoms with E-state index in [9.17, 15) is 4.79 Å². The fraction of sp³-hybridized carbons (Fsp3) is 0.118. The van der Waals surface area contributed by atoms with Crippen molar-refractivity contribution in [2.75, 3.05) is 5.88 Å². The van der Waals surface area contributed by atoms with Crippen LogP contribution in [0.3, 0.4) is 0 Å². The number of nitrogens with one attached hydrogen (secondary N) is 1. The van der Waals surface area contributed by atoms with Crippen molar-refractivity contribution in [3.63, 3.8) is 0 Å². The third kappa shape index (κ3) is 4.30. The van der Waals surface area contributed by atoms with E-state index in [2.05, 4.69) is 32.3 Å². The Kier molecular flexibility index (Phi) is 5.53. The Bertz CT molecular complexity index is 906. The van der Waals surface area contributed by atoms with E-state index in [0.29, 0.717) is 23.3 Å². The van der Waals surface area contributed by atoms with Crippen molar-refractivity contribution in [2.45, 2.75) is 6.42 Å². The highest BCUT2D eigenvalue weighted by Gasteiger charge is 2.10. The first kappa shape index (κ1) is 16.8. The lowest BCUT2D eigenvalue weighted by Gasteiger charge is -2.04. The maximum atomic E-state index is 12.2. The molecule has 3 rings (SSSR count). The summed E-state index contributed by atoms with van der Waals surface area (Å²) in [6.07, 6.45) is 4.17. The van der Waals surface area contributed by atoms with Gasteiger partial charge in [-0.3, -0.25) is 9.98 Å². The summed E-state index contributed by atoms with van der Waals surface area (Å²) < 4.78 is 1.25. The summed E-state index contributed by atoms with van der Waals surface area (Å²) >= 11 is 1.43. The van der Waals surface area contributed by atoms with Crippen molar-refractivity contribution in [2.24, 2.45) is 4.99 Å². The fourth-order valence-electron chi connectivity index (χ4n) is 2.18. The molecule has 0 aliphatic carbocycles. The number of amides is 1. The molecule has 0 aliphatic rings. The van der Waals surface area contributed by atoms with Gasteiger partial charge in [0.05, 0.1) is 17.1 Å². The molecule has 1 N–H and O–H groups in total. The van der Waals surface area contributed by atoms with Gasteiger partial charge in [-0.25, -0.2) is 4.79 Å². The second kappa shape index (κ2) is 8.20. The molecule has 2 heterocycles. The zero-order valence-electron chi connectivity index (χ0n) is 13.4. The number of carbonyl (C=O) groups is 1. The van der Waals surface area contributed by atoms with Crippen molar-refractivity contribution < 1.29 is 4.79 Å². The Balaban J connectivity index is 1.55. The first-order valence-electron chi connectivity index (χ1n) is 7.53. The Morgan fingerprint density at radius 1 is 1.32 bits per heavy atom. The van der Waals surface area contributed by atoms with Crippen LogP contribution in [0.25, 0.3) is 11.0 Å². The largest absolute Gasteiger partial charge is 0.344 e. The molecular weight excluding hydrogens is 336 g/mol. The van der Waals surface area contributed by atoms with Crippen LogP contribution in [-0.4, -0.2) is 38.6 Å². The van der Waals surface area contributed by atoms with Crippen molar-refractivity contribution >= 4 is 35.5 Å². The van der Waals surface area contributed by atoms with Crippen LogP contribution in [0.2, 0.25) is 0 Å². The number of fused-ring (bicyclic) bond motifs is 1. The molecule has 8 heteroatoms. The number of hydrogen-bond donors (Lipinski definition) is 1. The Morgan fingerprint density at radius 2 is 2.20 bits per heavy atom. The maximum absolute atomic E-state index is 12.2. The minimum atomic E-state index is -0.324. The number of carbonyl (C=O) groups excluding carboxylic acids is 1. The smallest absolute Gasteiger partial charge is 0.327 e. The van der Waals surface area contributed by atoms with E-state index in [1.54, 1.807) is 18.5 Å². The molecule has 1 aromatic carbocycles. The molecule has 0 bridgehead atoms. The number of nitrogens with zero attached hydrogens (tertiary/aromatic N) is 5. The van der Waals surface area contributed by atoms with Gasteiger partial charge in [-0.2, -0.15) is 4.68 Å². The van der Waals surface area contributed by atoms with Gasteiger partial charge in [0.2, 0.25) is 0 Å². The molecule has 0 unspecified atom stereocenters. The quantitative estimate of drug-likeness (QED) is 0.419. The molecule has 25 heavy (non-hydrogen) atoms. The first-order valence-corrected chi connectivity index (χ1v) is 8.58. The summed E-state index contributed by atoms with van der Waals surface area (Å²) in [6.45, 7) is 3.58. The number of pyridine rings is 1. The van der Waals surface area contributed by atoms with E-state index in [4.69, 9.17) is 0 Å². The molecular formula is C17H16N6OS. The summed E-state index contributed by atoms with van der Waals surface area (Å²) in [5, 5.41) is 12.5. The van der Waals surface area contributed by atoms with Crippen molar-refractivity contribution in [3.8, 4) is 0 Å². The third-order valence-electron chi connectivity index (χ3n) is 3.38. The lowest BCUT2D eigenvalue weighted by Crippen LogP contribution is -2.28. The van der Waals surface area contributed by atoms with Crippen LogP contribution in [0.5, 0.6) is 0 Å². The molecule has 126 valence electrons. The first-order chi connectivity index (χ1) is 12.3. The molecule has 3 aromatic rings. The normalized spacial score (nSPS) is 11.4. The van der Waals surface area contributed by atoms with E-state index in [0.717, 1.165) is 11.3 Å². The Labute approximate surface area is 148 Å². The van der Waals surface area contributed by atoms with E-state index in [1.165, 1.54) is 16.4 Å². The van der Waals surface area contributed by atoms with Crippen molar-refractivity contribution in [3.05, 3.63) is 65.5 Å². The van der Waals surface area contributed by atoms with E-state index >= 15 is 0 Å². The molecule has 0 saturated heterocycles. The number of thioether (sulfide) groups is 1. The maximum Gasteiger partial charge on any atom is 0.344 e. The van der Waals surface area contributed by atoms with Gasteiger partial charge in [-0.1, -0.05) is 23.4 Å². The van der Waals surface area contributed by atoms with Crippen molar-refractivity contribution in [1.82, 2.24) is 25.3 Å². The number of aromatic nitrogens is 4. The molecule has 0 saturated carbocycles. The zero-order valence-corrected chi connectivity index (χ0v) is 14.2. The van der Waals surface area contributed by atoms with Crippen LogP contribution in [-0.2, 0) is 6.42 Å². The number of rotatable bonds is 6. The number of hydrogen-bond acceptors (Lipinski definition) is 6. The number of para-hydroxylation sites is 1. The van der Waals surface area contributed by atoms with Gasteiger partial charge in [0.25, 0.3) is 0 Å². The standard InChI is InChI=1S/C17H16N6OS/c1-18-14(9-13-5-4-8-19-10-13)11-25-12-20-17(24)23-16-7-3-2-6-15(16)21-22-23/h2-8,10-11H,1,9,12H2,(H,20,24)/b14-11-. The average Bonchev–Trinajstić information content (AvgIpc) is 3.09. The predicted molar refractivity (Wildman–Crippen MR) is 99.5 cm³/mol. The van der Waals surface area contributed by atoms with Gasteiger partial charge < -0.3 is 5.32 Å². The van der Waals surface area contributed by atoms with E-state index in [1.807, 2.05) is 35.7 Å². The highest BCUT2D eigenvalue weighted by atomic mass is 32.2. The van der Waals surface area contributed by atoms with E-state index in [-0.39, 0.29) is 6.03 Å². The summed E-state index contributed by atoms with van der Waals surface area (Å²) in [4.78, 5) is 20.3. The van der Waals surface area contributed by atoms with Gasteiger partial charge >= 0.3 is 6.03 Å². The van der Waals surface area contributed by atoms with Crippen LogP contribution in [0.4, 0.5) is 4.79 Å². The molecule has 0 spiro atoms. The summed E-state index contributed by atoms with van der Waals surface area (Å²) in [6, 6.07) is 10.8. The Morgan fingerprint density at radius 3 is 3.00 bits per heavy atom. The molecule has 0 atom stereocenters. The van der Waals surface area contributed by atoms with Gasteiger partial charge in [0.1, 0.15) is 5.52 Å². The van der Waals surface area contributed by atoms with Gasteiger partial charge in [-0.05, 0) is 35.9 Å². The Hall–Kier alpha value is -3.00. The van der Waals surface area contributed by atoms with Crippen LogP contribution in [0.15, 0.2) is 64.9 Å². The van der Waals surface area contributed by atoms with Crippen LogP contribution in [0, 0.1) is 0 Å². The minimum Gasteiger partial charge on any atom is -0.327 e. The number of benzene rings is 1. The SMILES string of the molecule is C=N/C(=C\SCNC(=O)n1nnc2ccccc21)Cc1cccnc1.